The van der Waals surface area contributed by atoms with Gasteiger partial charge in [0.15, 0.2) is 23.2 Å². The van der Waals surface area contributed by atoms with Crippen molar-refractivity contribution in [3.63, 3.8) is 0 Å². The molecule has 0 bridgehead atoms. The molecule has 0 N–H and O–H groups in total. The molecule has 0 aromatic heterocycles. The summed E-state index contributed by atoms with van der Waals surface area (Å²) < 4.78 is 63.4. The van der Waals surface area contributed by atoms with Gasteiger partial charge in [-0.1, -0.05) is 56.2 Å². The van der Waals surface area contributed by atoms with Crippen LogP contribution in [-0.4, -0.2) is 6.61 Å². The van der Waals surface area contributed by atoms with Gasteiger partial charge in [-0.25, -0.2) is 13.2 Å². The first-order valence-corrected chi connectivity index (χ1v) is 12.3. The van der Waals surface area contributed by atoms with E-state index in [9.17, 15) is 17.6 Å². The Labute approximate surface area is 199 Å². The van der Waals surface area contributed by atoms with Gasteiger partial charge in [0, 0.05) is 5.92 Å². The molecule has 0 heterocycles. The molecule has 0 saturated heterocycles. The molecule has 182 valence electrons. The van der Waals surface area contributed by atoms with Gasteiger partial charge in [0.2, 0.25) is 5.82 Å². The lowest BCUT2D eigenvalue weighted by atomic mass is 9.77. The fraction of sp³-hybridized carbons (Fsp3) is 0.448. The third-order valence-electron chi connectivity index (χ3n) is 7.34. The number of benzene rings is 2. The predicted molar refractivity (Wildman–Crippen MR) is 127 cm³/mol. The average molecular weight is 473 g/mol. The van der Waals surface area contributed by atoms with E-state index in [2.05, 4.69) is 6.92 Å². The topological polar surface area (TPSA) is 9.23 Å². The summed E-state index contributed by atoms with van der Waals surface area (Å²) in [5.74, 6) is -3.01. The Morgan fingerprint density at radius 3 is 2.24 bits per heavy atom. The molecule has 0 radical (unpaired) electrons. The van der Waals surface area contributed by atoms with Crippen molar-refractivity contribution in [2.24, 2.45) is 5.92 Å². The van der Waals surface area contributed by atoms with Crippen LogP contribution in [0.2, 0.25) is 0 Å². The third kappa shape index (κ3) is 5.24. The van der Waals surface area contributed by atoms with E-state index in [-0.39, 0.29) is 29.8 Å². The Hall–Kier alpha value is -2.56. The van der Waals surface area contributed by atoms with E-state index < -0.39 is 23.3 Å². The van der Waals surface area contributed by atoms with Gasteiger partial charge in [0.1, 0.15) is 6.61 Å². The van der Waals surface area contributed by atoms with Crippen LogP contribution in [0.15, 0.2) is 48.1 Å². The second-order valence-corrected chi connectivity index (χ2v) is 9.66. The van der Waals surface area contributed by atoms with Crippen LogP contribution in [0, 0.1) is 36.1 Å². The minimum Gasteiger partial charge on any atom is -0.486 e. The number of allylic oxidation sites excluding steroid dienone is 2. The van der Waals surface area contributed by atoms with Gasteiger partial charge in [-0.15, -0.1) is 0 Å². The Kier molecular flexibility index (Phi) is 7.80. The summed E-state index contributed by atoms with van der Waals surface area (Å²) in [4.78, 5) is 0. The summed E-state index contributed by atoms with van der Waals surface area (Å²) >= 11 is 0. The highest BCUT2D eigenvalue weighted by molar-refractivity contribution is 5.37. The van der Waals surface area contributed by atoms with Crippen molar-refractivity contribution in [3.8, 4) is 5.75 Å². The van der Waals surface area contributed by atoms with Gasteiger partial charge in [0.05, 0.1) is 0 Å². The molecule has 0 aliphatic heterocycles. The van der Waals surface area contributed by atoms with E-state index in [4.69, 9.17) is 4.74 Å². The average Bonchev–Trinajstić information content (AvgIpc) is 2.85. The molecule has 1 unspecified atom stereocenters. The molecule has 34 heavy (non-hydrogen) atoms. The minimum absolute atomic E-state index is 0.0598. The maximum atomic E-state index is 14.8. The van der Waals surface area contributed by atoms with Gasteiger partial charge in [-0.05, 0) is 79.2 Å². The first kappa shape index (κ1) is 24.6. The van der Waals surface area contributed by atoms with E-state index in [1.165, 1.54) is 19.4 Å². The fourth-order valence-electron chi connectivity index (χ4n) is 5.25. The second-order valence-electron chi connectivity index (χ2n) is 9.66. The monoisotopic (exact) mass is 472 g/mol. The second kappa shape index (κ2) is 10.8. The van der Waals surface area contributed by atoms with Crippen LogP contribution in [-0.2, 0) is 0 Å². The Morgan fingerprint density at radius 1 is 0.853 bits per heavy atom. The number of hydrogen-bond acceptors (Lipinski definition) is 1. The summed E-state index contributed by atoms with van der Waals surface area (Å²) in [6.45, 7) is 3.79. The molecular formula is C29H32F4O. The van der Waals surface area contributed by atoms with Crippen LogP contribution < -0.4 is 4.74 Å². The van der Waals surface area contributed by atoms with Crippen molar-refractivity contribution in [2.75, 3.05) is 6.61 Å². The maximum Gasteiger partial charge on any atom is 0.200 e. The van der Waals surface area contributed by atoms with Crippen molar-refractivity contribution < 1.29 is 22.3 Å². The molecule has 0 amide bonds. The van der Waals surface area contributed by atoms with Gasteiger partial charge >= 0.3 is 0 Å². The van der Waals surface area contributed by atoms with E-state index in [1.54, 1.807) is 30.4 Å². The van der Waals surface area contributed by atoms with Crippen molar-refractivity contribution in [1.82, 2.24) is 0 Å². The third-order valence-corrected chi connectivity index (χ3v) is 7.34. The summed E-state index contributed by atoms with van der Waals surface area (Å²) in [5.41, 5.74) is 1.81. The number of hydrogen-bond donors (Lipinski definition) is 0. The molecule has 1 saturated carbocycles. The minimum atomic E-state index is -0.941. The van der Waals surface area contributed by atoms with Crippen LogP contribution in [0.4, 0.5) is 17.6 Å². The molecular weight excluding hydrogens is 440 g/mol. The van der Waals surface area contributed by atoms with Crippen molar-refractivity contribution >= 4 is 0 Å². The molecule has 2 aromatic rings. The van der Waals surface area contributed by atoms with E-state index >= 15 is 0 Å². The Balaban J connectivity index is 1.36. The smallest absolute Gasteiger partial charge is 0.200 e. The van der Waals surface area contributed by atoms with Crippen LogP contribution in [0.3, 0.4) is 0 Å². The molecule has 2 aromatic carbocycles. The first-order chi connectivity index (χ1) is 16.4. The Bertz CT molecular complexity index is 1080. The fourth-order valence-corrected chi connectivity index (χ4v) is 5.25. The molecule has 4 rings (SSSR count). The zero-order valence-corrected chi connectivity index (χ0v) is 19.9. The summed E-state index contributed by atoms with van der Waals surface area (Å²) in [7, 11) is 0. The zero-order chi connectivity index (χ0) is 24.2. The number of halogens is 4. The number of ether oxygens (including phenoxy) is 1. The predicted octanol–water partition coefficient (Wildman–Crippen LogP) is 8.67. The molecule has 1 fully saturated rings. The molecule has 5 heteroatoms. The van der Waals surface area contributed by atoms with E-state index in [0.29, 0.717) is 23.5 Å². The largest absolute Gasteiger partial charge is 0.486 e. The van der Waals surface area contributed by atoms with Gasteiger partial charge in [-0.3, -0.25) is 0 Å². The summed E-state index contributed by atoms with van der Waals surface area (Å²) in [6.07, 6.45) is 12.2. The highest BCUT2D eigenvalue weighted by atomic mass is 19.2. The highest BCUT2D eigenvalue weighted by Crippen LogP contribution is 2.40. The van der Waals surface area contributed by atoms with Crippen LogP contribution in [0.1, 0.15) is 80.4 Å². The number of rotatable bonds is 7. The lowest BCUT2D eigenvalue weighted by Gasteiger charge is -2.29. The molecule has 0 spiro atoms. The van der Waals surface area contributed by atoms with Crippen molar-refractivity contribution in [2.45, 2.75) is 70.6 Å². The van der Waals surface area contributed by atoms with E-state index in [1.807, 2.05) is 6.08 Å². The highest BCUT2D eigenvalue weighted by Gasteiger charge is 2.26. The SMILES string of the molecule is CCCC1CCC(c2ccc(OCC3=CCC(c4ccc(C)c(F)c4F)C=C3)c(F)c2F)CC1. The van der Waals surface area contributed by atoms with Crippen LogP contribution >= 0.6 is 0 Å². The normalized spacial score (nSPS) is 22.5. The van der Waals surface area contributed by atoms with Crippen molar-refractivity contribution in [3.05, 3.63) is 88.0 Å². The van der Waals surface area contributed by atoms with E-state index in [0.717, 1.165) is 37.7 Å². The van der Waals surface area contributed by atoms with Gasteiger partial charge in [-0.2, -0.15) is 4.39 Å². The van der Waals surface area contributed by atoms with Crippen molar-refractivity contribution in [1.29, 1.82) is 0 Å². The molecule has 1 nitrogen and oxygen atoms in total. The quantitative estimate of drug-likeness (QED) is 0.366. The number of aryl methyl sites for hydroxylation is 1. The summed E-state index contributed by atoms with van der Waals surface area (Å²) in [5, 5.41) is 0. The Morgan fingerprint density at radius 2 is 1.56 bits per heavy atom. The first-order valence-electron chi connectivity index (χ1n) is 12.3. The van der Waals surface area contributed by atoms with Crippen LogP contribution in [0.25, 0.3) is 0 Å². The zero-order valence-electron chi connectivity index (χ0n) is 19.9. The molecule has 1 atom stereocenters. The lowest BCUT2D eigenvalue weighted by Crippen LogP contribution is -2.15. The standard InChI is InChI=1S/C29H32F4O/c1-3-4-19-6-10-21(11-7-19)24-15-16-25(29(33)28(24)32)34-17-20-8-12-22(13-9-20)23-14-5-18(2)26(30)27(23)31/h5,8-9,12,14-16,19,21-22H,3-4,6-7,10-11,13,17H2,1-2H3. The van der Waals surface area contributed by atoms with Crippen LogP contribution in [0.5, 0.6) is 5.75 Å². The molecule has 2 aliphatic rings. The lowest BCUT2D eigenvalue weighted by molar-refractivity contribution is 0.298. The maximum absolute atomic E-state index is 14.8. The molecule has 2 aliphatic carbocycles. The van der Waals surface area contributed by atoms with Gasteiger partial charge < -0.3 is 4.74 Å². The van der Waals surface area contributed by atoms with Gasteiger partial charge in [0.25, 0.3) is 0 Å². The summed E-state index contributed by atoms with van der Waals surface area (Å²) in [6, 6.07) is 6.36.